The number of pyridine rings is 1. The zero-order chi connectivity index (χ0) is 16.1. The van der Waals surface area contributed by atoms with Crippen LogP contribution in [0.25, 0.3) is 0 Å². The summed E-state index contributed by atoms with van der Waals surface area (Å²) in [6.45, 7) is 5.30. The van der Waals surface area contributed by atoms with Crippen molar-refractivity contribution in [2.24, 2.45) is 0 Å². The van der Waals surface area contributed by atoms with Gasteiger partial charge in [-0.3, -0.25) is 9.59 Å². The Kier molecular flexibility index (Phi) is 4.88. The zero-order valence-electron chi connectivity index (χ0n) is 12.8. The molecule has 0 aliphatic heterocycles. The van der Waals surface area contributed by atoms with E-state index in [0.717, 1.165) is 0 Å². The highest BCUT2D eigenvalue weighted by Gasteiger charge is 2.09. The topological polar surface area (TPSA) is 68.3 Å². The first-order valence-electron chi connectivity index (χ1n) is 7.01. The van der Waals surface area contributed by atoms with E-state index in [2.05, 4.69) is 10.3 Å². The van der Waals surface area contributed by atoms with E-state index in [-0.39, 0.29) is 17.8 Å². The van der Waals surface area contributed by atoms with Crippen molar-refractivity contribution in [1.82, 2.24) is 4.98 Å². The Balaban J connectivity index is 2.08. The van der Waals surface area contributed by atoms with Crippen molar-refractivity contribution in [3.05, 3.63) is 53.7 Å². The molecule has 0 saturated carbocycles. The summed E-state index contributed by atoms with van der Waals surface area (Å²) in [7, 11) is 0. The van der Waals surface area contributed by atoms with Crippen LogP contribution in [0.3, 0.4) is 0 Å². The number of hydrogen-bond acceptors (Lipinski definition) is 4. The van der Waals surface area contributed by atoms with Gasteiger partial charge in [-0.1, -0.05) is 12.1 Å². The molecule has 1 heterocycles. The quantitative estimate of drug-likeness (QED) is 0.860. The number of amides is 1. The summed E-state index contributed by atoms with van der Waals surface area (Å²) >= 11 is 0. The Morgan fingerprint density at radius 3 is 2.50 bits per heavy atom. The molecule has 0 aliphatic carbocycles. The van der Waals surface area contributed by atoms with Gasteiger partial charge in [0.15, 0.2) is 5.78 Å². The average Bonchev–Trinajstić information content (AvgIpc) is 2.47. The van der Waals surface area contributed by atoms with Crippen molar-refractivity contribution in [2.45, 2.75) is 26.9 Å². The molecule has 0 unspecified atom stereocenters. The van der Waals surface area contributed by atoms with Crippen LogP contribution >= 0.6 is 0 Å². The number of Topliss-reactive ketones (excluding diaryl/α,β-unsaturated/α-hetero) is 1. The third-order valence-corrected chi connectivity index (χ3v) is 2.88. The molecule has 0 fully saturated rings. The fourth-order valence-electron chi connectivity index (χ4n) is 1.85. The van der Waals surface area contributed by atoms with Crippen molar-refractivity contribution < 1.29 is 14.3 Å². The van der Waals surface area contributed by atoms with E-state index >= 15 is 0 Å². The highest BCUT2D eigenvalue weighted by atomic mass is 16.5. The summed E-state index contributed by atoms with van der Waals surface area (Å²) < 4.78 is 5.43. The lowest BCUT2D eigenvalue weighted by molar-refractivity contribution is 0.101. The Labute approximate surface area is 129 Å². The predicted molar refractivity (Wildman–Crippen MR) is 84.4 cm³/mol. The standard InChI is InChI=1S/C17H18N2O3/c1-11(2)22-16-8-7-14(10-18-16)17(21)19-15-6-4-5-13(9-15)12(3)20/h4-11H,1-3H3,(H,19,21). The molecule has 1 aromatic carbocycles. The number of nitrogens with one attached hydrogen (secondary N) is 1. The molecule has 5 heteroatoms. The summed E-state index contributed by atoms with van der Waals surface area (Å²) in [5.41, 5.74) is 1.54. The number of carbonyl (C=O) groups is 2. The van der Waals surface area contributed by atoms with Crippen LogP contribution in [0.5, 0.6) is 5.88 Å². The summed E-state index contributed by atoms with van der Waals surface area (Å²) in [5, 5.41) is 2.74. The first kappa shape index (κ1) is 15.7. The number of ether oxygens (including phenoxy) is 1. The fourth-order valence-corrected chi connectivity index (χ4v) is 1.85. The number of anilines is 1. The average molecular weight is 298 g/mol. The lowest BCUT2D eigenvalue weighted by Crippen LogP contribution is -2.13. The normalized spacial score (nSPS) is 10.4. The summed E-state index contributed by atoms with van der Waals surface area (Å²) in [6, 6.07) is 10.1. The molecule has 2 rings (SSSR count). The van der Waals surface area contributed by atoms with Gasteiger partial charge in [-0.05, 0) is 39.0 Å². The number of nitrogens with zero attached hydrogens (tertiary/aromatic N) is 1. The minimum absolute atomic E-state index is 0.0292. The largest absolute Gasteiger partial charge is 0.475 e. The number of aromatic nitrogens is 1. The number of benzene rings is 1. The third-order valence-electron chi connectivity index (χ3n) is 2.88. The first-order chi connectivity index (χ1) is 10.5. The van der Waals surface area contributed by atoms with Crippen molar-refractivity contribution in [1.29, 1.82) is 0 Å². The van der Waals surface area contributed by atoms with E-state index in [0.29, 0.717) is 22.7 Å². The van der Waals surface area contributed by atoms with Crippen LogP contribution in [0.2, 0.25) is 0 Å². The Morgan fingerprint density at radius 1 is 1.14 bits per heavy atom. The molecular formula is C17H18N2O3. The van der Waals surface area contributed by atoms with Gasteiger partial charge in [0.1, 0.15) is 0 Å². The van der Waals surface area contributed by atoms with Gasteiger partial charge in [-0.25, -0.2) is 4.98 Å². The van der Waals surface area contributed by atoms with Gasteiger partial charge in [-0.2, -0.15) is 0 Å². The van der Waals surface area contributed by atoms with Gasteiger partial charge < -0.3 is 10.1 Å². The molecule has 0 saturated heterocycles. The maximum atomic E-state index is 12.2. The van der Waals surface area contributed by atoms with Crippen LogP contribution < -0.4 is 10.1 Å². The van der Waals surface area contributed by atoms with Crippen molar-refractivity contribution in [3.63, 3.8) is 0 Å². The van der Waals surface area contributed by atoms with Gasteiger partial charge in [0.25, 0.3) is 5.91 Å². The van der Waals surface area contributed by atoms with Crippen LogP contribution in [-0.2, 0) is 0 Å². The summed E-state index contributed by atoms with van der Waals surface area (Å²) in [5.74, 6) is 0.141. The highest BCUT2D eigenvalue weighted by Crippen LogP contribution is 2.14. The van der Waals surface area contributed by atoms with Gasteiger partial charge in [0.2, 0.25) is 5.88 Å². The third kappa shape index (κ3) is 4.15. The highest BCUT2D eigenvalue weighted by molar-refractivity contribution is 6.05. The summed E-state index contributed by atoms with van der Waals surface area (Å²) in [4.78, 5) is 27.6. The van der Waals surface area contributed by atoms with E-state index in [4.69, 9.17) is 4.74 Å². The minimum atomic E-state index is -0.288. The molecule has 0 aliphatic rings. The number of ketones is 1. The minimum Gasteiger partial charge on any atom is -0.475 e. The van der Waals surface area contributed by atoms with Crippen molar-refractivity contribution in [3.8, 4) is 5.88 Å². The van der Waals surface area contributed by atoms with Crippen LogP contribution in [-0.4, -0.2) is 22.8 Å². The molecule has 1 aromatic heterocycles. The fraction of sp³-hybridized carbons (Fsp3) is 0.235. The molecule has 2 aromatic rings. The molecule has 114 valence electrons. The maximum absolute atomic E-state index is 12.2. The van der Waals surface area contributed by atoms with Crippen LogP contribution in [0.1, 0.15) is 41.5 Å². The Bertz CT molecular complexity index is 679. The Hall–Kier alpha value is -2.69. The summed E-state index contributed by atoms with van der Waals surface area (Å²) in [6.07, 6.45) is 1.49. The molecule has 22 heavy (non-hydrogen) atoms. The van der Waals surface area contributed by atoms with E-state index < -0.39 is 0 Å². The van der Waals surface area contributed by atoms with Crippen LogP contribution in [0.4, 0.5) is 5.69 Å². The van der Waals surface area contributed by atoms with Crippen LogP contribution in [0.15, 0.2) is 42.6 Å². The van der Waals surface area contributed by atoms with Gasteiger partial charge >= 0.3 is 0 Å². The van der Waals surface area contributed by atoms with E-state index in [1.807, 2.05) is 13.8 Å². The van der Waals surface area contributed by atoms with Crippen molar-refractivity contribution >= 4 is 17.4 Å². The maximum Gasteiger partial charge on any atom is 0.257 e. The predicted octanol–water partition coefficient (Wildman–Crippen LogP) is 3.32. The zero-order valence-corrected chi connectivity index (χ0v) is 12.8. The lowest BCUT2D eigenvalue weighted by atomic mass is 10.1. The Morgan fingerprint density at radius 2 is 1.91 bits per heavy atom. The smallest absolute Gasteiger partial charge is 0.257 e. The molecule has 0 atom stereocenters. The monoisotopic (exact) mass is 298 g/mol. The number of rotatable bonds is 5. The molecule has 1 amide bonds. The molecule has 0 radical (unpaired) electrons. The SMILES string of the molecule is CC(=O)c1cccc(NC(=O)c2ccc(OC(C)C)nc2)c1. The van der Waals surface area contributed by atoms with E-state index in [1.54, 1.807) is 36.4 Å². The van der Waals surface area contributed by atoms with Gasteiger partial charge in [0.05, 0.1) is 11.7 Å². The van der Waals surface area contributed by atoms with Gasteiger partial charge in [0, 0.05) is 23.5 Å². The molecule has 1 N–H and O–H groups in total. The molecule has 0 bridgehead atoms. The van der Waals surface area contributed by atoms with Crippen LogP contribution in [0, 0.1) is 0 Å². The molecule has 0 spiro atoms. The van der Waals surface area contributed by atoms with Gasteiger partial charge in [-0.15, -0.1) is 0 Å². The number of hydrogen-bond donors (Lipinski definition) is 1. The number of carbonyl (C=O) groups excluding carboxylic acids is 2. The first-order valence-corrected chi connectivity index (χ1v) is 7.01. The van der Waals surface area contributed by atoms with E-state index in [1.165, 1.54) is 13.1 Å². The van der Waals surface area contributed by atoms with E-state index in [9.17, 15) is 9.59 Å². The second-order valence-electron chi connectivity index (χ2n) is 5.14. The lowest BCUT2D eigenvalue weighted by Gasteiger charge is -2.09. The van der Waals surface area contributed by atoms with Crippen molar-refractivity contribution in [2.75, 3.05) is 5.32 Å². The molecule has 5 nitrogen and oxygen atoms in total. The molecular weight excluding hydrogens is 280 g/mol. The second kappa shape index (κ2) is 6.85. The second-order valence-corrected chi connectivity index (χ2v) is 5.14.